The Morgan fingerprint density at radius 1 is 1.88 bits per heavy atom. The largest absolute Gasteiger partial charge is 0.459 e. The van der Waals surface area contributed by atoms with Gasteiger partial charge in [-0.25, -0.2) is 14.9 Å². The van der Waals surface area contributed by atoms with Crippen LogP contribution in [0.2, 0.25) is 0 Å². The number of carbonyl (C=O) groups is 1. The summed E-state index contributed by atoms with van der Waals surface area (Å²) in [4.78, 5) is 14.2. The van der Waals surface area contributed by atoms with Crippen LogP contribution in [0.5, 0.6) is 0 Å². The number of nitrogens with zero attached hydrogens (tertiary/aromatic N) is 2. The topological polar surface area (TPSA) is 106 Å². The molecule has 2 rings (SSSR count). The smallest absolute Gasteiger partial charge is 0.333 e. The minimum absolute atomic E-state index is 0.142. The molecule has 1 aliphatic rings. The third-order valence-corrected chi connectivity index (χ3v) is 1.58. The van der Waals surface area contributed by atoms with E-state index < -0.39 is 0 Å². The zero-order chi connectivity index (χ0) is 12.0. The fourth-order valence-corrected chi connectivity index (χ4v) is 0.671. The molecule has 0 radical (unpaired) electrons. The molecule has 2 heterocycles. The molecule has 1 unspecified atom stereocenters. The van der Waals surface area contributed by atoms with E-state index in [4.69, 9.17) is 15.2 Å². The Hall–Kier alpha value is -1.89. The van der Waals surface area contributed by atoms with Gasteiger partial charge >= 0.3 is 5.97 Å². The monoisotopic (exact) mass is 226 g/mol. The number of H-pyrrole nitrogens is 1. The number of aromatic nitrogens is 3. The van der Waals surface area contributed by atoms with E-state index in [1.54, 1.807) is 6.92 Å². The maximum absolute atomic E-state index is 10.7. The van der Waals surface area contributed by atoms with Crippen molar-refractivity contribution in [1.29, 1.82) is 0 Å². The molecule has 1 aromatic rings. The number of esters is 1. The Balaban J connectivity index is 0.000000181. The van der Waals surface area contributed by atoms with E-state index in [1.165, 1.54) is 6.33 Å². The first-order valence-electron chi connectivity index (χ1n) is 4.64. The molecular weight excluding hydrogens is 212 g/mol. The highest BCUT2D eigenvalue weighted by molar-refractivity contribution is 5.86. The SMILES string of the molecule is C=C(C)C(=O)OCC1CO1.Nc1ncn[nH]1. The van der Waals surface area contributed by atoms with E-state index in [-0.39, 0.29) is 12.1 Å². The number of anilines is 1. The number of nitrogen functional groups attached to an aromatic ring is 1. The fourth-order valence-electron chi connectivity index (χ4n) is 0.671. The van der Waals surface area contributed by atoms with Crippen molar-refractivity contribution in [2.45, 2.75) is 13.0 Å². The summed E-state index contributed by atoms with van der Waals surface area (Å²) in [5.41, 5.74) is 5.48. The van der Waals surface area contributed by atoms with Gasteiger partial charge in [-0.3, -0.25) is 0 Å². The van der Waals surface area contributed by atoms with E-state index >= 15 is 0 Å². The molecule has 1 atom stereocenters. The summed E-state index contributed by atoms with van der Waals surface area (Å²) in [6.45, 7) is 6.14. The van der Waals surface area contributed by atoms with Crippen LogP contribution in [0.4, 0.5) is 5.95 Å². The lowest BCUT2D eigenvalue weighted by Crippen LogP contribution is -2.09. The average molecular weight is 226 g/mol. The minimum Gasteiger partial charge on any atom is -0.459 e. The number of epoxide rings is 1. The summed E-state index contributed by atoms with van der Waals surface area (Å²) >= 11 is 0. The maximum atomic E-state index is 10.7. The van der Waals surface area contributed by atoms with E-state index in [1.807, 2.05) is 0 Å². The fraction of sp³-hybridized carbons (Fsp3) is 0.444. The minimum atomic E-state index is -0.337. The molecule has 0 amide bonds. The Labute approximate surface area is 92.6 Å². The molecule has 3 N–H and O–H groups in total. The molecule has 1 fully saturated rings. The average Bonchev–Trinajstić information content (AvgIpc) is 2.96. The van der Waals surface area contributed by atoms with Gasteiger partial charge in [-0.2, -0.15) is 5.10 Å². The van der Waals surface area contributed by atoms with Crippen LogP contribution in [-0.2, 0) is 14.3 Å². The first-order chi connectivity index (χ1) is 7.59. The molecular formula is C9H14N4O3. The Morgan fingerprint density at radius 2 is 2.56 bits per heavy atom. The van der Waals surface area contributed by atoms with Gasteiger partial charge in [-0.15, -0.1) is 0 Å². The number of hydrogen-bond acceptors (Lipinski definition) is 6. The lowest BCUT2D eigenvalue weighted by molar-refractivity contribution is -0.139. The zero-order valence-electron chi connectivity index (χ0n) is 8.97. The zero-order valence-corrected chi connectivity index (χ0v) is 8.97. The summed E-state index contributed by atoms with van der Waals surface area (Å²) in [5, 5.41) is 5.88. The quantitative estimate of drug-likeness (QED) is 0.423. The third-order valence-electron chi connectivity index (χ3n) is 1.58. The van der Waals surface area contributed by atoms with Crippen LogP contribution in [0, 0.1) is 0 Å². The Morgan fingerprint density at radius 3 is 2.88 bits per heavy atom. The summed E-state index contributed by atoms with van der Waals surface area (Å²) in [7, 11) is 0. The van der Waals surface area contributed by atoms with Gasteiger partial charge in [0, 0.05) is 5.57 Å². The molecule has 0 aliphatic carbocycles. The number of ether oxygens (including phenoxy) is 2. The van der Waals surface area contributed by atoms with Crippen molar-refractivity contribution >= 4 is 11.9 Å². The number of rotatable bonds is 3. The van der Waals surface area contributed by atoms with Crippen LogP contribution in [0.15, 0.2) is 18.5 Å². The van der Waals surface area contributed by atoms with Crippen LogP contribution in [0.3, 0.4) is 0 Å². The second kappa shape index (κ2) is 5.86. The van der Waals surface area contributed by atoms with Gasteiger partial charge in [0.2, 0.25) is 5.95 Å². The van der Waals surface area contributed by atoms with Gasteiger partial charge < -0.3 is 15.2 Å². The van der Waals surface area contributed by atoms with Crippen molar-refractivity contribution in [3.8, 4) is 0 Å². The molecule has 7 nitrogen and oxygen atoms in total. The number of carbonyl (C=O) groups excluding carboxylic acids is 1. The summed E-state index contributed by atoms with van der Waals surface area (Å²) in [6.07, 6.45) is 1.50. The summed E-state index contributed by atoms with van der Waals surface area (Å²) in [5.74, 6) is 0.0190. The Kier molecular flexibility index (Phi) is 4.46. The molecule has 1 aliphatic heterocycles. The molecule has 88 valence electrons. The van der Waals surface area contributed by atoms with Gasteiger partial charge in [0.25, 0.3) is 0 Å². The van der Waals surface area contributed by atoms with Gasteiger partial charge in [0.05, 0.1) is 6.61 Å². The predicted molar refractivity (Wildman–Crippen MR) is 56.3 cm³/mol. The first-order valence-corrected chi connectivity index (χ1v) is 4.64. The van der Waals surface area contributed by atoms with Crippen molar-refractivity contribution in [3.05, 3.63) is 18.5 Å². The van der Waals surface area contributed by atoms with Crippen molar-refractivity contribution in [2.75, 3.05) is 18.9 Å². The highest BCUT2D eigenvalue weighted by atomic mass is 16.6. The van der Waals surface area contributed by atoms with Gasteiger partial charge in [-0.05, 0) is 6.92 Å². The number of nitrogens with one attached hydrogen (secondary N) is 1. The van der Waals surface area contributed by atoms with Crippen LogP contribution in [-0.4, -0.2) is 40.5 Å². The van der Waals surface area contributed by atoms with E-state index in [2.05, 4.69) is 21.8 Å². The summed E-state index contributed by atoms with van der Waals surface area (Å²) < 4.78 is 9.60. The van der Waals surface area contributed by atoms with Crippen LogP contribution in [0.25, 0.3) is 0 Å². The molecule has 0 spiro atoms. The first kappa shape index (κ1) is 12.2. The maximum Gasteiger partial charge on any atom is 0.333 e. The third kappa shape index (κ3) is 5.11. The van der Waals surface area contributed by atoms with E-state index in [0.29, 0.717) is 24.7 Å². The molecule has 0 bridgehead atoms. The number of aromatic amines is 1. The van der Waals surface area contributed by atoms with Gasteiger partial charge in [0.15, 0.2) is 0 Å². The van der Waals surface area contributed by atoms with Crippen molar-refractivity contribution in [3.63, 3.8) is 0 Å². The second-order valence-corrected chi connectivity index (χ2v) is 3.20. The standard InChI is InChI=1S/C7H10O3.C2H4N4/c1-5(2)7(8)10-4-6-3-9-6;3-2-4-1-5-6-2/h6H,1,3-4H2,2H3;1H,(H3,3,4,5,6). The van der Waals surface area contributed by atoms with E-state index in [9.17, 15) is 4.79 Å². The van der Waals surface area contributed by atoms with Gasteiger partial charge in [0.1, 0.15) is 19.0 Å². The highest BCUT2D eigenvalue weighted by Gasteiger charge is 2.24. The van der Waals surface area contributed by atoms with Crippen molar-refractivity contribution in [2.24, 2.45) is 0 Å². The lowest BCUT2D eigenvalue weighted by atomic mass is 10.4. The van der Waals surface area contributed by atoms with E-state index in [0.717, 1.165) is 0 Å². The Bertz CT molecular complexity index is 346. The second-order valence-electron chi connectivity index (χ2n) is 3.20. The van der Waals surface area contributed by atoms with Crippen LogP contribution in [0.1, 0.15) is 6.92 Å². The number of nitrogens with two attached hydrogens (primary N) is 1. The molecule has 7 heteroatoms. The molecule has 1 saturated heterocycles. The summed E-state index contributed by atoms with van der Waals surface area (Å²) in [6, 6.07) is 0. The number of hydrogen-bond donors (Lipinski definition) is 2. The molecule has 0 saturated carbocycles. The van der Waals surface area contributed by atoms with Crippen molar-refractivity contribution in [1.82, 2.24) is 15.2 Å². The molecule has 0 aromatic carbocycles. The molecule has 16 heavy (non-hydrogen) atoms. The van der Waals surface area contributed by atoms with Crippen LogP contribution < -0.4 is 5.73 Å². The van der Waals surface area contributed by atoms with Crippen molar-refractivity contribution < 1.29 is 14.3 Å². The lowest BCUT2D eigenvalue weighted by Gasteiger charge is -1.99. The normalized spacial score (nSPS) is 16.9. The van der Waals surface area contributed by atoms with Crippen LogP contribution >= 0.6 is 0 Å². The predicted octanol–water partition coefficient (Wildman–Crippen LogP) is -0.109. The highest BCUT2D eigenvalue weighted by Crippen LogP contribution is 2.09. The van der Waals surface area contributed by atoms with Gasteiger partial charge in [-0.1, -0.05) is 6.58 Å². The molecule has 1 aromatic heterocycles.